The summed E-state index contributed by atoms with van der Waals surface area (Å²) >= 11 is 0. The van der Waals surface area contributed by atoms with Crippen LogP contribution in [0.3, 0.4) is 0 Å². The zero-order chi connectivity index (χ0) is 26.3. The zero-order valence-corrected chi connectivity index (χ0v) is 23.6. The van der Waals surface area contributed by atoms with Gasteiger partial charge in [-0.25, -0.2) is 8.42 Å². The molecule has 9 heteroatoms. The Morgan fingerprint density at radius 2 is 1.61 bits per heavy atom. The number of likely N-dealkylation sites (tertiary alicyclic amines) is 1. The SMILES string of the molecule is COc1cc(C)c(S(=O)(=O)N(C)CCOCC(=O)N(C)CC2CCC(CN3CCCC3)CC2)c(C)c1. The lowest BCUT2D eigenvalue weighted by atomic mass is 9.81. The molecule has 1 aliphatic carbocycles. The maximum atomic E-state index is 13.1. The Kier molecular flexibility index (Phi) is 10.6. The highest BCUT2D eigenvalue weighted by Crippen LogP contribution is 2.31. The predicted molar refractivity (Wildman–Crippen MR) is 142 cm³/mol. The minimum atomic E-state index is -3.67. The fourth-order valence-corrected chi connectivity index (χ4v) is 7.15. The number of sulfonamides is 1. The summed E-state index contributed by atoms with van der Waals surface area (Å²) in [6.07, 6.45) is 7.58. The average Bonchev–Trinajstić information content (AvgIpc) is 3.35. The fraction of sp³-hybridized carbons (Fsp3) is 0.741. The van der Waals surface area contributed by atoms with Crippen LogP contribution in [0.4, 0.5) is 0 Å². The van der Waals surface area contributed by atoms with Crippen LogP contribution < -0.4 is 4.74 Å². The number of benzene rings is 1. The first-order chi connectivity index (χ1) is 17.1. The van der Waals surface area contributed by atoms with E-state index in [0.29, 0.717) is 22.8 Å². The van der Waals surface area contributed by atoms with Crippen molar-refractivity contribution in [1.82, 2.24) is 14.1 Å². The van der Waals surface area contributed by atoms with E-state index in [1.54, 1.807) is 38.0 Å². The van der Waals surface area contributed by atoms with Gasteiger partial charge in [-0.15, -0.1) is 0 Å². The Morgan fingerprint density at radius 1 is 1.03 bits per heavy atom. The number of aryl methyl sites for hydroxylation is 2. The second-order valence-corrected chi connectivity index (χ2v) is 12.6. The summed E-state index contributed by atoms with van der Waals surface area (Å²) in [5.74, 6) is 1.94. The van der Waals surface area contributed by atoms with E-state index in [9.17, 15) is 13.2 Å². The molecule has 1 aromatic rings. The second kappa shape index (κ2) is 13.2. The van der Waals surface area contributed by atoms with E-state index in [1.165, 1.54) is 69.5 Å². The molecule has 1 amide bonds. The van der Waals surface area contributed by atoms with Gasteiger partial charge in [-0.1, -0.05) is 0 Å². The molecule has 0 unspecified atom stereocenters. The molecule has 3 rings (SSSR count). The summed E-state index contributed by atoms with van der Waals surface area (Å²) in [6, 6.07) is 3.44. The quantitative estimate of drug-likeness (QED) is 0.391. The third-order valence-electron chi connectivity index (χ3n) is 7.75. The van der Waals surface area contributed by atoms with Crippen molar-refractivity contribution in [2.45, 2.75) is 57.3 Å². The monoisotopic (exact) mass is 523 g/mol. The lowest BCUT2D eigenvalue weighted by Gasteiger charge is -2.33. The molecule has 0 atom stereocenters. The van der Waals surface area contributed by atoms with E-state index in [2.05, 4.69) is 4.90 Å². The average molecular weight is 524 g/mol. The first-order valence-corrected chi connectivity index (χ1v) is 14.7. The topological polar surface area (TPSA) is 79.4 Å². The first-order valence-electron chi connectivity index (χ1n) is 13.3. The highest BCUT2D eigenvalue weighted by Gasteiger charge is 2.27. The van der Waals surface area contributed by atoms with Gasteiger partial charge >= 0.3 is 0 Å². The minimum absolute atomic E-state index is 0.0325. The van der Waals surface area contributed by atoms with E-state index >= 15 is 0 Å². The third-order valence-corrected chi connectivity index (χ3v) is 9.92. The van der Waals surface area contributed by atoms with Crippen molar-refractivity contribution >= 4 is 15.9 Å². The molecule has 2 aliphatic rings. The standard InChI is InChI=1S/C27H45N3O5S/c1-21-16-25(34-5)17-22(2)27(21)36(32,33)29(4)14-15-35-20-26(31)28(3)18-23-8-10-24(11-9-23)19-30-12-6-7-13-30/h16-17,23-24H,6-15,18-20H2,1-5H3. The van der Waals surface area contributed by atoms with E-state index in [4.69, 9.17) is 9.47 Å². The largest absolute Gasteiger partial charge is 0.497 e. The van der Waals surface area contributed by atoms with Gasteiger partial charge in [0, 0.05) is 33.7 Å². The van der Waals surface area contributed by atoms with Crippen molar-refractivity contribution in [3.8, 4) is 5.75 Å². The first kappa shape index (κ1) is 28.9. The van der Waals surface area contributed by atoms with Crippen molar-refractivity contribution in [2.75, 3.05) is 67.1 Å². The van der Waals surface area contributed by atoms with Crippen LogP contribution in [0, 0.1) is 25.7 Å². The van der Waals surface area contributed by atoms with E-state index in [1.807, 2.05) is 7.05 Å². The summed E-state index contributed by atoms with van der Waals surface area (Å²) in [7, 11) is 1.27. The van der Waals surface area contributed by atoms with Crippen LogP contribution in [0.1, 0.15) is 49.7 Å². The van der Waals surface area contributed by atoms with Gasteiger partial charge < -0.3 is 19.3 Å². The molecule has 0 spiro atoms. The summed E-state index contributed by atoms with van der Waals surface area (Å²) in [6.45, 7) is 8.37. The van der Waals surface area contributed by atoms with Gasteiger partial charge in [0.05, 0.1) is 18.6 Å². The van der Waals surface area contributed by atoms with Gasteiger partial charge in [0.1, 0.15) is 12.4 Å². The van der Waals surface area contributed by atoms with Crippen LogP contribution in [0.15, 0.2) is 17.0 Å². The van der Waals surface area contributed by atoms with Gasteiger partial charge in [0.2, 0.25) is 15.9 Å². The number of nitrogens with zero attached hydrogens (tertiary/aromatic N) is 3. The van der Waals surface area contributed by atoms with Crippen molar-refractivity contribution in [3.63, 3.8) is 0 Å². The van der Waals surface area contributed by atoms with Crippen molar-refractivity contribution in [2.24, 2.45) is 11.8 Å². The van der Waals surface area contributed by atoms with Crippen LogP contribution in [0.25, 0.3) is 0 Å². The Bertz CT molecular complexity index is 947. The highest BCUT2D eigenvalue weighted by molar-refractivity contribution is 7.89. The molecule has 0 aromatic heterocycles. The number of rotatable bonds is 12. The molecule has 1 heterocycles. The zero-order valence-electron chi connectivity index (χ0n) is 22.8. The van der Waals surface area contributed by atoms with Crippen LogP contribution >= 0.6 is 0 Å². The Labute approximate surface area is 218 Å². The minimum Gasteiger partial charge on any atom is -0.497 e. The number of amides is 1. The molecule has 2 fully saturated rings. The molecule has 0 N–H and O–H groups in total. The molecule has 1 saturated heterocycles. The normalized spacial score (nSPS) is 21.2. The maximum Gasteiger partial charge on any atom is 0.248 e. The van der Waals surface area contributed by atoms with Gasteiger partial charge in [0.15, 0.2) is 0 Å². The second-order valence-electron chi connectivity index (χ2n) is 10.6. The third kappa shape index (κ3) is 7.66. The Morgan fingerprint density at radius 3 is 2.19 bits per heavy atom. The Balaban J connectivity index is 1.37. The molecule has 0 bridgehead atoms. The molecular weight excluding hydrogens is 478 g/mol. The predicted octanol–water partition coefficient (Wildman–Crippen LogP) is 3.31. The van der Waals surface area contributed by atoms with Crippen molar-refractivity contribution in [1.29, 1.82) is 0 Å². The van der Waals surface area contributed by atoms with Gasteiger partial charge in [0.25, 0.3) is 0 Å². The smallest absolute Gasteiger partial charge is 0.248 e. The number of methoxy groups -OCH3 is 1. The van der Waals surface area contributed by atoms with Crippen LogP contribution in [0.5, 0.6) is 5.75 Å². The molecule has 204 valence electrons. The van der Waals surface area contributed by atoms with Gasteiger partial charge in [-0.3, -0.25) is 4.79 Å². The number of ether oxygens (including phenoxy) is 2. The fourth-order valence-electron chi connectivity index (χ4n) is 5.59. The van der Waals surface area contributed by atoms with Crippen molar-refractivity contribution < 1.29 is 22.7 Å². The maximum absolute atomic E-state index is 13.1. The molecular formula is C27H45N3O5S. The van der Waals surface area contributed by atoms with Crippen LogP contribution in [0.2, 0.25) is 0 Å². The van der Waals surface area contributed by atoms with Crippen LogP contribution in [-0.4, -0.2) is 95.6 Å². The molecule has 8 nitrogen and oxygen atoms in total. The summed E-state index contributed by atoms with van der Waals surface area (Å²) in [5, 5.41) is 0. The molecule has 0 radical (unpaired) electrons. The molecule has 1 saturated carbocycles. The van der Waals surface area contributed by atoms with Gasteiger partial charge in [-0.2, -0.15) is 4.31 Å². The number of hydrogen-bond acceptors (Lipinski definition) is 6. The summed E-state index contributed by atoms with van der Waals surface area (Å²) in [4.78, 5) is 17.2. The number of carbonyl (C=O) groups excluding carboxylic acids is 1. The molecule has 1 aliphatic heterocycles. The summed E-state index contributed by atoms with van der Waals surface area (Å²) in [5.41, 5.74) is 1.28. The van der Waals surface area contributed by atoms with E-state index in [-0.39, 0.29) is 30.6 Å². The number of carbonyl (C=O) groups is 1. The van der Waals surface area contributed by atoms with E-state index in [0.717, 1.165) is 12.5 Å². The lowest BCUT2D eigenvalue weighted by Crippen LogP contribution is -2.37. The van der Waals surface area contributed by atoms with E-state index < -0.39 is 10.0 Å². The van der Waals surface area contributed by atoms with Crippen molar-refractivity contribution in [3.05, 3.63) is 23.3 Å². The number of hydrogen-bond donors (Lipinski definition) is 0. The highest BCUT2D eigenvalue weighted by atomic mass is 32.2. The molecule has 1 aromatic carbocycles. The lowest BCUT2D eigenvalue weighted by molar-refractivity contribution is -0.135. The summed E-state index contributed by atoms with van der Waals surface area (Å²) < 4.78 is 38.3. The Hall–Kier alpha value is -1.68. The van der Waals surface area contributed by atoms with Crippen LogP contribution in [-0.2, 0) is 19.6 Å². The molecule has 36 heavy (non-hydrogen) atoms. The number of likely N-dealkylation sites (N-methyl/N-ethyl adjacent to an activating group) is 2. The van der Waals surface area contributed by atoms with Gasteiger partial charge in [-0.05, 0) is 101 Å².